The lowest BCUT2D eigenvalue weighted by atomic mass is 10.1. The molecule has 1 heterocycles. The smallest absolute Gasteiger partial charge is 0.254 e. The predicted octanol–water partition coefficient (Wildman–Crippen LogP) is 0.0728. The maximum absolute atomic E-state index is 12.5. The Bertz CT molecular complexity index is 458. The lowest BCUT2D eigenvalue weighted by molar-refractivity contribution is -0.0667. The van der Waals surface area contributed by atoms with Crippen molar-refractivity contribution in [2.45, 2.75) is 19.1 Å². The number of aliphatic hydroxyl groups is 1. The molecule has 0 bridgehead atoms. The molecule has 2 atom stereocenters. The van der Waals surface area contributed by atoms with Crippen LogP contribution in [0.2, 0.25) is 0 Å². The molecule has 0 spiro atoms. The van der Waals surface area contributed by atoms with Crippen LogP contribution >= 0.6 is 0 Å². The molecule has 1 aromatic rings. The molecular formula is C13H19N3O3. The Morgan fingerprint density at radius 1 is 1.42 bits per heavy atom. The quantitative estimate of drug-likeness (QED) is 0.657. The Balaban J connectivity index is 2.21. The number of nitrogens with two attached hydrogens (primary N) is 2. The predicted molar refractivity (Wildman–Crippen MR) is 72.6 cm³/mol. The molecule has 6 nitrogen and oxygen atoms in total. The highest BCUT2D eigenvalue weighted by Gasteiger charge is 2.30. The van der Waals surface area contributed by atoms with Gasteiger partial charge in [-0.2, -0.15) is 0 Å². The topological polar surface area (TPSA) is 102 Å². The number of rotatable bonds is 2. The highest BCUT2D eigenvalue weighted by Crippen LogP contribution is 2.19. The van der Waals surface area contributed by atoms with Crippen molar-refractivity contribution in [1.29, 1.82) is 0 Å². The van der Waals surface area contributed by atoms with Gasteiger partial charge in [0.05, 0.1) is 25.4 Å². The lowest BCUT2D eigenvalue weighted by Gasteiger charge is -2.37. The summed E-state index contributed by atoms with van der Waals surface area (Å²) in [5.74, 6) is -0.145. The van der Waals surface area contributed by atoms with E-state index in [4.69, 9.17) is 21.3 Å². The summed E-state index contributed by atoms with van der Waals surface area (Å²) in [6.45, 7) is 2.58. The second kappa shape index (κ2) is 5.46. The van der Waals surface area contributed by atoms with Crippen LogP contribution < -0.4 is 11.5 Å². The van der Waals surface area contributed by atoms with E-state index in [0.717, 1.165) is 0 Å². The molecule has 1 amide bonds. The van der Waals surface area contributed by atoms with Crippen LogP contribution in [0.15, 0.2) is 18.2 Å². The summed E-state index contributed by atoms with van der Waals surface area (Å²) in [4.78, 5) is 14.1. The van der Waals surface area contributed by atoms with E-state index in [9.17, 15) is 4.79 Å². The number of anilines is 2. The van der Waals surface area contributed by atoms with Crippen LogP contribution in [0.5, 0.6) is 0 Å². The fraction of sp³-hybridized carbons (Fsp3) is 0.462. The minimum atomic E-state index is -0.335. The molecule has 1 aromatic carbocycles. The summed E-state index contributed by atoms with van der Waals surface area (Å²) in [6, 6.07) is 4.78. The molecule has 0 aromatic heterocycles. The van der Waals surface area contributed by atoms with Crippen molar-refractivity contribution in [2.24, 2.45) is 0 Å². The molecule has 0 saturated carbocycles. The third-order valence-corrected chi connectivity index (χ3v) is 3.19. The van der Waals surface area contributed by atoms with Gasteiger partial charge in [0.2, 0.25) is 0 Å². The van der Waals surface area contributed by atoms with Gasteiger partial charge in [0.25, 0.3) is 5.91 Å². The monoisotopic (exact) mass is 265 g/mol. The van der Waals surface area contributed by atoms with Gasteiger partial charge in [0.1, 0.15) is 0 Å². The fourth-order valence-corrected chi connectivity index (χ4v) is 2.18. The highest BCUT2D eigenvalue weighted by atomic mass is 16.5. The van der Waals surface area contributed by atoms with Crippen LogP contribution in [-0.2, 0) is 4.74 Å². The SMILES string of the molecule is CC1COC(CO)CN1C(=O)c1cc(N)cc(N)c1. The van der Waals surface area contributed by atoms with Crippen molar-refractivity contribution in [3.8, 4) is 0 Å². The average Bonchev–Trinajstić information content (AvgIpc) is 2.37. The summed E-state index contributed by atoms with van der Waals surface area (Å²) in [5, 5.41) is 9.13. The molecule has 5 N–H and O–H groups in total. The van der Waals surface area contributed by atoms with Crippen molar-refractivity contribution in [3.63, 3.8) is 0 Å². The number of amides is 1. The van der Waals surface area contributed by atoms with Crippen LogP contribution in [0.25, 0.3) is 0 Å². The number of morpholine rings is 1. The van der Waals surface area contributed by atoms with Crippen LogP contribution in [0.4, 0.5) is 11.4 Å². The number of nitrogens with zero attached hydrogens (tertiary/aromatic N) is 1. The molecule has 2 unspecified atom stereocenters. The van der Waals surface area contributed by atoms with Crippen molar-refractivity contribution in [1.82, 2.24) is 4.90 Å². The van der Waals surface area contributed by atoms with E-state index in [1.807, 2.05) is 6.92 Å². The number of hydrogen-bond acceptors (Lipinski definition) is 5. The van der Waals surface area contributed by atoms with Crippen LogP contribution in [0.3, 0.4) is 0 Å². The third kappa shape index (κ3) is 2.97. The Morgan fingerprint density at radius 3 is 2.63 bits per heavy atom. The van der Waals surface area contributed by atoms with Gasteiger partial charge < -0.3 is 26.2 Å². The van der Waals surface area contributed by atoms with E-state index >= 15 is 0 Å². The highest BCUT2D eigenvalue weighted by molar-refractivity contribution is 5.96. The number of ether oxygens (including phenoxy) is 1. The van der Waals surface area contributed by atoms with Gasteiger partial charge in [-0.25, -0.2) is 0 Å². The maximum atomic E-state index is 12.5. The van der Waals surface area contributed by atoms with Crippen molar-refractivity contribution in [2.75, 3.05) is 31.2 Å². The molecule has 19 heavy (non-hydrogen) atoms. The van der Waals surface area contributed by atoms with E-state index in [1.54, 1.807) is 23.1 Å². The zero-order valence-corrected chi connectivity index (χ0v) is 10.9. The van der Waals surface area contributed by atoms with Gasteiger partial charge in [-0.3, -0.25) is 4.79 Å². The largest absolute Gasteiger partial charge is 0.399 e. The molecule has 0 radical (unpaired) electrons. The van der Waals surface area contributed by atoms with Crippen LogP contribution in [0.1, 0.15) is 17.3 Å². The second-order valence-corrected chi connectivity index (χ2v) is 4.83. The summed E-state index contributed by atoms with van der Waals surface area (Å²) in [5.41, 5.74) is 12.8. The van der Waals surface area contributed by atoms with E-state index in [1.165, 1.54) is 0 Å². The number of nitrogen functional groups attached to an aromatic ring is 2. The summed E-state index contributed by atoms with van der Waals surface area (Å²) < 4.78 is 5.41. The standard InChI is InChI=1S/C13H19N3O3/c1-8-7-19-12(6-17)5-16(8)13(18)9-2-10(14)4-11(15)3-9/h2-4,8,12,17H,5-7,14-15H2,1H3. The van der Waals surface area contributed by atoms with Gasteiger partial charge in [-0.15, -0.1) is 0 Å². The number of hydrogen-bond donors (Lipinski definition) is 3. The van der Waals surface area contributed by atoms with Crippen molar-refractivity contribution in [3.05, 3.63) is 23.8 Å². The summed E-state index contributed by atoms with van der Waals surface area (Å²) in [7, 11) is 0. The van der Waals surface area contributed by atoms with Gasteiger partial charge >= 0.3 is 0 Å². The van der Waals surface area contributed by atoms with E-state index in [2.05, 4.69) is 0 Å². The molecular weight excluding hydrogens is 246 g/mol. The van der Waals surface area contributed by atoms with Gasteiger partial charge in [-0.1, -0.05) is 0 Å². The molecule has 1 saturated heterocycles. The Morgan fingerprint density at radius 2 is 2.05 bits per heavy atom. The molecule has 104 valence electrons. The summed E-state index contributed by atoms with van der Waals surface area (Å²) >= 11 is 0. The average molecular weight is 265 g/mol. The fourth-order valence-electron chi connectivity index (χ4n) is 2.18. The summed E-state index contributed by atoms with van der Waals surface area (Å²) in [6.07, 6.45) is -0.335. The molecule has 1 fully saturated rings. The van der Waals surface area contributed by atoms with Crippen LogP contribution in [-0.4, -0.2) is 47.8 Å². The second-order valence-electron chi connectivity index (χ2n) is 4.83. The molecule has 2 rings (SSSR count). The van der Waals surface area contributed by atoms with Gasteiger partial charge in [0.15, 0.2) is 0 Å². The zero-order chi connectivity index (χ0) is 14.0. The van der Waals surface area contributed by atoms with Gasteiger partial charge in [-0.05, 0) is 25.1 Å². The molecule has 0 aliphatic carbocycles. The number of carbonyl (C=O) groups is 1. The minimum Gasteiger partial charge on any atom is -0.399 e. The number of carbonyl (C=O) groups excluding carboxylic acids is 1. The van der Waals surface area contributed by atoms with Crippen LogP contribution in [0, 0.1) is 0 Å². The molecule has 6 heteroatoms. The van der Waals surface area contributed by atoms with Gasteiger partial charge in [0, 0.05) is 23.5 Å². The molecule has 1 aliphatic rings. The Kier molecular flexibility index (Phi) is 3.92. The first-order valence-electron chi connectivity index (χ1n) is 6.20. The molecule has 1 aliphatic heterocycles. The number of benzene rings is 1. The van der Waals surface area contributed by atoms with E-state index in [-0.39, 0.29) is 24.7 Å². The third-order valence-electron chi connectivity index (χ3n) is 3.19. The zero-order valence-electron chi connectivity index (χ0n) is 10.9. The van der Waals surface area contributed by atoms with Crippen molar-refractivity contribution >= 4 is 17.3 Å². The van der Waals surface area contributed by atoms with E-state index < -0.39 is 0 Å². The minimum absolute atomic E-state index is 0.0436. The Labute approximate surface area is 111 Å². The van der Waals surface area contributed by atoms with Crippen molar-refractivity contribution < 1.29 is 14.6 Å². The number of aliphatic hydroxyl groups excluding tert-OH is 1. The first-order valence-corrected chi connectivity index (χ1v) is 6.20. The normalized spacial score (nSPS) is 23.4. The first-order chi connectivity index (χ1) is 9.01. The lowest BCUT2D eigenvalue weighted by Crippen LogP contribution is -2.52. The first kappa shape index (κ1) is 13.6. The maximum Gasteiger partial charge on any atom is 0.254 e. The van der Waals surface area contributed by atoms with E-state index in [0.29, 0.717) is 30.1 Å². The Hall–Kier alpha value is -1.79.